The van der Waals surface area contributed by atoms with Gasteiger partial charge in [-0.25, -0.2) is 9.18 Å². The molecule has 6 heteroatoms. The maximum atomic E-state index is 13.2. The molecule has 0 spiro atoms. The van der Waals surface area contributed by atoms with Crippen molar-refractivity contribution in [3.63, 3.8) is 0 Å². The summed E-state index contributed by atoms with van der Waals surface area (Å²) >= 11 is 1.23. The van der Waals surface area contributed by atoms with Crippen molar-refractivity contribution in [1.29, 1.82) is 0 Å². The molecule has 1 saturated carbocycles. The molecule has 0 bridgehead atoms. The molecule has 1 heterocycles. The highest BCUT2D eigenvalue weighted by atomic mass is 32.1. The summed E-state index contributed by atoms with van der Waals surface area (Å²) in [5, 5.41) is 3.61. The van der Waals surface area contributed by atoms with Gasteiger partial charge in [0.1, 0.15) is 10.7 Å². The Labute approximate surface area is 144 Å². The van der Waals surface area contributed by atoms with Gasteiger partial charge in [0.25, 0.3) is 5.91 Å². The third kappa shape index (κ3) is 3.93. The van der Waals surface area contributed by atoms with Gasteiger partial charge in [0.2, 0.25) is 0 Å². The molecule has 1 aliphatic rings. The molecule has 1 aliphatic carbocycles. The lowest BCUT2D eigenvalue weighted by Crippen LogP contribution is -2.42. The molecule has 0 aliphatic heterocycles. The summed E-state index contributed by atoms with van der Waals surface area (Å²) in [5.41, 5.74) is 0. The summed E-state index contributed by atoms with van der Waals surface area (Å²) in [6.45, 7) is 1.84. The molecule has 24 heavy (non-hydrogen) atoms. The molecule has 0 radical (unpaired) electrons. The number of nitrogens with one attached hydrogen (secondary N) is 1. The van der Waals surface area contributed by atoms with Gasteiger partial charge in [-0.1, -0.05) is 19.8 Å². The summed E-state index contributed by atoms with van der Waals surface area (Å²) in [6.07, 6.45) is 4.41. The monoisotopic (exact) mass is 349 g/mol. The lowest BCUT2D eigenvalue weighted by atomic mass is 9.86. The average Bonchev–Trinajstić information content (AvgIpc) is 2.98. The zero-order valence-corrected chi connectivity index (χ0v) is 14.3. The van der Waals surface area contributed by atoms with Crippen LogP contribution in [0.3, 0.4) is 0 Å². The Hall–Kier alpha value is -1.95. The Morgan fingerprint density at radius 3 is 2.88 bits per heavy atom. The van der Waals surface area contributed by atoms with Gasteiger partial charge < -0.3 is 10.1 Å². The van der Waals surface area contributed by atoms with Gasteiger partial charge in [0.05, 0.1) is 0 Å². The highest BCUT2D eigenvalue weighted by molar-refractivity contribution is 7.20. The van der Waals surface area contributed by atoms with Crippen molar-refractivity contribution in [2.24, 2.45) is 5.92 Å². The fraction of sp³-hybridized carbons (Fsp3) is 0.444. The van der Waals surface area contributed by atoms with E-state index in [0.717, 1.165) is 24.0 Å². The number of thiophene rings is 1. The highest BCUT2D eigenvalue weighted by Gasteiger charge is 2.23. The van der Waals surface area contributed by atoms with Crippen molar-refractivity contribution in [2.45, 2.75) is 38.6 Å². The number of carbonyl (C=O) groups excluding carboxylic acids is 2. The van der Waals surface area contributed by atoms with Gasteiger partial charge in [-0.15, -0.1) is 11.3 Å². The average molecular weight is 349 g/mol. The van der Waals surface area contributed by atoms with E-state index < -0.39 is 5.97 Å². The number of carbonyl (C=O) groups is 2. The van der Waals surface area contributed by atoms with Gasteiger partial charge in [-0.05, 0) is 48.4 Å². The van der Waals surface area contributed by atoms with Crippen molar-refractivity contribution in [2.75, 3.05) is 6.61 Å². The number of esters is 1. The van der Waals surface area contributed by atoms with E-state index in [1.807, 2.05) is 0 Å². The van der Waals surface area contributed by atoms with Gasteiger partial charge >= 0.3 is 5.97 Å². The van der Waals surface area contributed by atoms with Crippen LogP contribution in [0.25, 0.3) is 10.1 Å². The minimum absolute atomic E-state index is 0.164. The topological polar surface area (TPSA) is 55.4 Å². The molecule has 0 unspecified atom stereocenters. The lowest BCUT2D eigenvalue weighted by molar-refractivity contribution is -0.125. The maximum absolute atomic E-state index is 13.2. The maximum Gasteiger partial charge on any atom is 0.348 e. The molecule has 0 saturated heterocycles. The van der Waals surface area contributed by atoms with E-state index in [1.54, 1.807) is 12.1 Å². The first kappa shape index (κ1) is 16.9. The summed E-state index contributed by atoms with van der Waals surface area (Å²) < 4.78 is 19.1. The molecule has 1 amide bonds. The van der Waals surface area contributed by atoms with Gasteiger partial charge in [-0.2, -0.15) is 0 Å². The first-order valence-corrected chi connectivity index (χ1v) is 9.00. The molecular weight excluding hydrogens is 329 g/mol. The van der Waals surface area contributed by atoms with Gasteiger partial charge in [0.15, 0.2) is 6.61 Å². The number of amides is 1. The molecular formula is C18H20FNO3S. The largest absolute Gasteiger partial charge is 0.451 e. The summed E-state index contributed by atoms with van der Waals surface area (Å²) in [4.78, 5) is 24.4. The summed E-state index contributed by atoms with van der Waals surface area (Å²) in [5.74, 6) is -0.713. The van der Waals surface area contributed by atoms with Crippen LogP contribution < -0.4 is 5.32 Å². The van der Waals surface area contributed by atoms with E-state index >= 15 is 0 Å². The lowest BCUT2D eigenvalue weighted by Gasteiger charge is -2.29. The van der Waals surface area contributed by atoms with E-state index in [9.17, 15) is 14.0 Å². The Bertz CT molecular complexity index is 758. The van der Waals surface area contributed by atoms with Crippen LogP contribution in [0.5, 0.6) is 0 Å². The molecule has 1 aromatic heterocycles. The smallest absolute Gasteiger partial charge is 0.348 e. The molecule has 1 N–H and O–H groups in total. The molecule has 1 fully saturated rings. The second-order valence-electron chi connectivity index (χ2n) is 6.30. The second kappa shape index (κ2) is 7.30. The predicted octanol–water partition coefficient (Wildman–Crippen LogP) is 3.89. The quantitative estimate of drug-likeness (QED) is 0.852. The zero-order valence-electron chi connectivity index (χ0n) is 13.5. The van der Waals surface area contributed by atoms with E-state index in [1.165, 1.54) is 29.9 Å². The van der Waals surface area contributed by atoms with Crippen LogP contribution in [0.1, 0.15) is 42.3 Å². The SMILES string of the molecule is C[C@@H]1CCCC[C@@H]1NC(=O)COC(=O)c1cc2cc(F)ccc2s1. The third-order valence-corrected chi connectivity index (χ3v) is 5.57. The van der Waals surface area contributed by atoms with Crippen LogP contribution in [0.4, 0.5) is 4.39 Å². The van der Waals surface area contributed by atoms with Gasteiger partial charge in [-0.3, -0.25) is 4.79 Å². The van der Waals surface area contributed by atoms with Crippen molar-refractivity contribution in [3.05, 3.63) is 35.0 Å². The molecule has 2 aromatic rings. The fourth-order valence-corrected chi connectivity index (χ4v) is 4.03. The first-order chi connectivity index (χ1) is 11.5. The van der Waals surface area contributed by atoms with E-state index in [4.69, 9.17) is 4.74 Å². The summed E-state index contributed by atoms with van der Waals surface area (Å²) in [6, 6.07) is 6.11. The van der Waals surface area contributed by atoms with E-state index in [2.05, 4.69) is 12.2 Å². The fourth-order valence-electron chi connectivity index (χ4n) is 3.10. The van der Waals surface area contributed by atoms with Crippen LogP contribution >= 0.6 is 11.3 Å². The van der Waals surface area contributed by atoms with Crippen molar-refractivity contribution in [3.8, 4) is 0 Å². The number of rotatable bonds is 4. The summed E-state index contributed by atoms with van der Waals surface area (Å²) in [7, 11) is 0. The second-order valence-corrected chi connectivity index (χ2v) is 7.39. The standard InChI is InChI=1S/C18H20FNO3S/c1-11-4-2-3-5-14(11)20-17(21)10-23-18(22)16-9-12-8-13(19)6-7-15(12)24-16/h6-9,11,14H,2-5,10H2,1H3,(H,20,21)/t11-,14+/m1/s1. The number of hydrogen-bond acceptors (Lipinski definition) is 4. The Morgan fingerprint density at radius 1 is 1.29 bits per heavy atom. The third-order valence-electron chi connectivity index (χ3n) is 4.47. The van der Waals surface area contributed by atoms with E-state index in [0.29, 0.717) is 16.2 Å². The van der Waals surface area contributed by atoms with Crippen molar-refractivity contribution >= 4 is 33.3 Å². The van der Waals surface area contributed by atoms with Crippen LogP contribution in [-0.2, 0) is 9.53 Å². The van der Waals surface area contributed by atoms with Crippen LogP contribution in [-0.4, -0.2) is 24.5 Å². The minimum Gasteiger partial charge on any atom is -0.451 e. The number of ether oxygens (including phenoxy) is 1. The number of benzene rings is 1. The van der Waals surface area contributed by atoms with Crippen molar-refractivity contribution < 1.29 is 18.7 Å². The predicted molar refractivity (Wildman–Crippen MR) is 91.6 cm³/mol. The highest BCUT2D eigenvalue weighted by Crippen LogP contribution is 2.27. The number of hydrogen-bond donors (Lipinski definition) is 1. The molecule has 1 aromatic carbocycles. The van der Waals surface area contributed by atoms with Crippen molar-refractivity contribution in [1.82, 2.24) is 5.32 Å². The molecule has 2 atom stereocenters. The Kier molecular flexibility index (Phi) is 5.14. The van der Waals surface area contributed by atoms with Gasteiger partial charge in [0, 0.05) is 10.7 Å². The molecule has 128 valence electrons. The normalized spacial score (nSPS) is 20.8. The molecule has 4 nitrogen and oxygen atoms in total. The van der Waals surface area contributed by atoms with E-state index in [-0.39, 0.29) is 24.4 Å². The molecule has 3 rings (SSSR count). The number of halogens is 1. The zero-order chi connectivity index (χ0) is 17.1. The first-order valence-electron chi connectivity index (χ1n) is 8.18. The Balaban J connectivity index is 1.55. The minimum atomic E-state index is -0.552. The Morgan fingerprint density at radius 2 is 2.08 bits per heavy atom. The van der Waals surface area contributed by atoms with Crippen LogP contribution in [0.2, 0.25) is 0 Å². The van der Waals surface area contributed by atoms with Crippen LogP contribution in [0, 0.1) is 11.7 Å². The van der Waals surface area contributed by atoms with Crippen LogP contribution in [0.15, 0.2) is 24.3 Å². The number of fused-ring (bicyclic) bond motifs is 1.